The standard InChI is InChI=1S/C24H42N2O5/c1-6-23(7-2,21(28)29)15-11-13-17-31-18-14-12-16-24(8-3,9-4)26-20(27)19-25(10-5)22(26)30/h6,19,27H,1,7-18H2,2-5H3,(H,28,29). The van der Waals surface area contributed by atoms with Gasteiger partial charge < -0.3 is 14.9 Å². The zero-order valence-electron chi connectivity index (χ0n) is 19.9. The van der Waals surface area contributed by atoms with Crippen molar-refractivity contribution in [2.45, 2.75) is 97.6 Å². The van der Waals surface area contributed by atoms with Crippen molar-refractivity contribution in [1.82, 2.24) is 9.13 Å². The lowest BCUT2D eigenvalue weighted by molar-refractivity contribution is -0.146. The minimum absolute atomic E-state index is 0.0378. The maximum Gasteiger partial charge on any atom is 0.331 e. The summed E-state index contributed by atoms with van der Waals surface area (Å²) < 4.78 is 8.85. The molecular formula is C24H42N2O5. The fourth-order valence-electron chi connectivity index (χ4n) is 4.36. The molecule has 31 heavy (non-hydrogen) atoms. The van der Waals surface area contributed by atoms with E-state index in [2.05, 4.69) is 20.4 Å². The predicted octanol–water partition coefficient (Wildman–Crippen LogP) is 4.91. The van der Waals surface area contributed by atoms with Crippen molar-refractivity contribution in [3.05, 3.63) is 29.3 Å². The summed E-state index contributed by atoms with van der Waals surface area (Å²) in [5.41, 5.74) is -1.36. The molecule has 0 aliphatic carbocycles. The molecule has 0 radical (unpaired) electrons. The minimum Gasteiger partial charge on any atom is -0.493 e. The van der Waals surface area contributed by atoms with Gasteiger partial charge in [-0.3, -0.25) is 13.9 Å². The van der Waals surface area contributed by atoms with Gasteiger partial charge >= 0.3 is 11.7 Å². The summed E-state index contributed by atoms with van der Waals surface area (Å²) in [6.07, 6.45) is 9.96. The highest BCUT2D eigenvalue weighted by molar-refractivity contribution is 5.76. The number of hydrogen-bond donors (Lipinski definition) is 2. The lowest BCUT2D eigenvalue weighted by Crippen LogP contribution is -2.40. The average molecular weight is 439 g/mol. The van der Waals surface area contributed by atoms with Crippen molar-refractivity contribution in [1.29, 1.82) is 0 Å². The second kappa shape index (κ2) is 12.7. The van der Waals surface area contributed by atoms with E-state index in [1.807, 2.05) is 13.8 Å². The van der Waals surface area contributed by atoms with Crippen molar-refractivity contribution in [2.75, 3.05) is 13.2 Å². The van der Waals surface area contributed by atoms with Gasteiger partial charge in [0.15, 0.2) is 0 Å². The third-order valence-corrected chi connectivity index (χ3v) is 6.86. The molecule has 1 aromatic rings. The van der Waals surface area contributed by atoms with E-state index in [4.69, 9.17) is 4.74 Å². The van der Waals surface area contributed by atoms with Gasteiger partial charge in [-0.05, 0) is 64.7 Å². The molecular weight excluding hydrogens is 396 g/mol. The van der Waals surface area contributed by atoms with E-state index in [1.54, 1.807) is 15.2 Å². The van der Waals surface area contributed by atoms with Gasteiger partial charge in [0.25, 0.3) is 0 Å². The lowest BCUT2D eigenvalue weighted by atomic mass is 9.80. The Hall–Kier alpha value is -2.02. The summed E-state index contributed by atoms with van der Waals surface area (Å²) in [5, 5.41) is 19.8. The van der Waals surface area contributed by atoms with Crippen LogP contribution in [0.25, 0.3) is 0 Å². The van der Waals surface area contributed by atoms with Gasteiger partial charge in [0.05, 0.1) is 17.2 Å². The molecule has 1 heterocycles. The van der Waals surface area contributed by atoms with E-state index in [-0.39, 0.29) is 17.1 Å². The van der Waals surface area contributed by atoms with Gasteiger partial charge in [-0.15, -0.1) is 6.58 Å². The molecule has 0 spiro atoms. The second-order valence-corrected chi connectivity index (χ2v) is 8.37. The van der Waals surface area contributed by atoms with Gasteiger partial charge in [-0.25, -0.2) is 4.79 Å². The monoisotopic (exact) mass is 438 g/mol. The molecule has 178 valence electrons. The highest BCUT2D eigenvalue weighted by Gasteiger charge is 2.33. The molecule has 1 rings (SSSR count). The second-order valence-electron chi connectivity index (χ2n) is 8.37. The fraction of sp³-hybridized carbons (Fsp3) is 0.750. The van der Waals surface area contributed by atoms with Crippen LogP contribution in [0.3, 0.4) is 0 Å². The van der Waals surface area contributed by atoms with E-state index in [1.165, 1.54) is 6.20 Å². The Labute approximate surface area is 186 Å². The number of carboxylic acid groups (broad SMARTS) is 1. The first-order valence-corrected chi connectivity index (χ1v) is 11.7. The first-order valence-electron chi connectivity index (χ1n) is 11.7. The average Bonchev–Trinajstić information content (AvgIpc) is 3.06. The number of aromatic nitrogens is 2. The van der Waals surface area contributed by atoms with Crippen LogP contribution in [0.5, 0.6) is 5.88 Å². The Morgan fingerprint density at radius 3 is 2.06 bits per heavy atom. The molecule has 0 aromatic carbocycles. The number of carboxylic acids is 1. The van der Waals surface area contributed by atoms with Crippen LogP contribution in [0.1, 0.15) is 85.5 Å². The molecule has 0 saturated carbocycles. The summed E-state index contributed by atoms with van der Waals surface area (Å²) >= 11 is 0. The van der Waals surface area contributed by atoms with Crippen LogP contribution in [-0.4, -0.2) is 38.5 Å². The number of aryl methyl sites for hydroxylation is 1. The lowest BCUT2D eigenvalue weighted by Gasteiger charge is -2.33. The number of imidazole rings is 1. The first kappa shape index (κ1) is 27.0. The molecule has 7 heteroatoms. The van der Waals surface area contributed by atoms with Crippen LogP contribution < -0.4 is 5.69 Å². The van der Waals surface area contributed by atoms with E-state index in [9.17, 15) is 19.8 Å². The van der Waals surface area contributed by atoms with E-state index >= 15 is 0 Å². The van der Waals surface area contributed by atoms with Crippen molar-refractivity contribution in [3.8, 4) is 5.88 Å². The number of unbranched alkanes of at least 4 members (excludes halogenated alkanes) is 2. The number of aromatic hydroxyl groups is 1. The van der Waals surface area contributed by atoms with Gasteiger partial charge in [0, 0.05) is 19.8 Å². The molecule has 0 fully saturated rings. The number of aliphatic carboxylic acids is 1. The van der Waals surface area contributed by atoms with Crippen LogP contribution in [0.4, 0.5) is 0 Å². The van der Waals surface area contributed by atoms with Crippen LogP contribution in [0.2, 0.25) is 0 Å². The molecule has 0 aliphatic rings. The van der Waals surface area contributed by atoms with Crippen LogP contribution in [0, 0.1) is 5.41 Å². The Morgan fingerprint density at radius 2 is 1.65 bits per heavy atom. The first-order chi connectivity index (χ1) is 14.8. The quantitative estimate of drug-likeness (QED) is 0.266. The minimum atomic E-state index is -0.829. The Kier molecular flexibility index (Phi) is 11.1. The van der Waals surface area contributed by atoms with Gasteiger partial charge in [0.2, 0.25) is 5.88 Å². The molecule has 0 amide bonds. The molecule has 1 aromatic heterocycles. The Morgan fingerprint density at radius 1 is 1.06 bits per heavy atom. The predicted molar refractivity (Wildman–Crippen MR) is 124 cm³/mol. The third-order valence-electron chi connectivity index (χ3n) is 6.86. The molecule has 7 nitrogen and oxygen atoms in total. The van der Waals surface area contributed by atoms with Crippen molar-refractivity contribution in [2.24, 2.45) is 5.41 Å². The van der Waals surface area contributed by atoms with Crippen molar-refractivity contribution < 1.29 is 19.7 Å². The number of nitrogens with zero attached hydrogens (tertiary/aromatic N) is 2. The van der Waals surface area contributed by atoms with Gasteiger partial charge in [-0.2, -0.15) is 0 Å². The number of carbonyl (C=O) groups is 1. The highest BCUT2D eigenvalue weighted by atomic mass is 16.5. The SMILES string of the molecule is C=CC(CC)(CCCCOCCCCC(CC)(CC)n1c(O)cn(CC)c1=O)C(=O)O. The zero-order chi connectivity index (χ0) is 23.5. The molecule has 0 aliphatic heterocycles. The summed E-state index contributed by atoms with van der Waals surface area (Å²) in [5.74, 6) is -0.767. The Bertz CT molecular complexity index is 748. The molecule has 1 atom stereocenters. The highest BCUT2D eigenvalue weighted by Crippen LogP contribution is 2.33. The third kappa shape index (κ3) is 6.48. The fourth-order valence-corrected chi connectivity index (χ4v) is 4.36. The molecule has 0 saturated heterocycles. The smallest absolute Gasteiger partial charge is 0.331 e. The molecule has 1 unspecified atom stereocenters. The normalized spacial score (nSPS) is 13.8. The largest absolute Gasteiger partial charge is 0.493 e. The summed E-state index contributed by atoms with van der Waals surface area (Å²) in [6.45, 7) is 13.4. The summed E-state index contributed by atoms with van der Waals surface area (Å²) in [7, 11) is 0. The van der Waals surface area contributed by atoms with E-state index in [0.29, 0.717) is 32.6 Å². The molecule has 2 N–H and O–H groups in total. The van der Waals surface area contributed by atoms with Gasteiger partial charge in [-0.1, -0.05) is 26.8 Å². The van der Waals surface area contributed by atoms with E-state index < -0.39 is 11.4 Å². The van der Waals surface area contributed by atoms with Gasteiger partial charge in [0.1, 0.15) is 0 Å². The number of rotatable bonds is 17. The van der Waals surface area contributed by atoms with Crippen LogP contribution >= 0.6 is 0 Å². The van der Waals surface area contributed by atoms with Crippen molar-refractivity contribution in [3.63, 3.8) is 0 Å². The summed E-state index contributed by atoms with van der Waals surface area (Å²) in [4.78, 5) is 24.1. The van der Waals surface area contributed by atoms with Crippen LogP contribution in [0.15, 0.2) is 23.6 Å². The molecule has 0 bridgehead atoms. The van der Waals surface area contributed by atoms with Crippen LogP contribution in [-0.2, 0) is 21.6 Å². The summed E-state index contributed by atoms with van der Waals surface area (Å²) in [6, 6.07) is 0. The maximum absolute atomic E-state index is 12.7. The van der Waals surface area contributed by atoms with Crippen molar-refractivity contribution >= 4 is 5.97 Å². The zero-order valence-corrected chi connectivity index (χ0v) is 19.9. The topological polar surface area (TPSA) is 93.7 Å². The van der Waals surface area contributed by atoms with E-state index in [0.717, 1.165) is 44.9 Å². The maximum atomic E-state index is 12.7. The Balaban J connectivity index is 2.44. The number of ether oxygens (including phenoxy) is 1. The number of hydrogen-bond acceptors (Lipinski definition) is 4.